The van der Waals surface area contributed by atoms with Gasteiger partial charge in [0.15, 0.2) is 0 Å². The molecule has 0 saturated carbocycles. The highest BCUT2D eigenvalue weighted by Crippen LogP contribution is 2.54. The molecule has 4 aromatic carbocycles. The standard InChI is InChI=1S/C32H23O4P/c1-21-25-13-5-3-11-23(25)19-31(29-17-9-7-15-27(21)29)35-37(33,34)36-32-20-24-12-4-6-14-26(24)22(2)28-16-8-10-18-30(28)32/h3-20H,1-2H2,(H,33,34). The number of fused-ring (bicyclic) bond motifs is 4. The van der Waals surface area contributed by atoms with Gasteiger partial charge in [0, 0.05) is 11.1 Å². The van der Waals surface area contributed by atoms with Gasteiger partial charge in [0.2, 0.25) is 0 Å². The van der Waals surface area contributed by atoms with Gasteiger partial charge < -0.3 is 9.05 Å². The number of hydrogen-bond donors (Lipinski definition) is 1. The van der Waals surface area contributed by atoms with E-state index in [0.717, 1.165) is 44.5 Å². The summed E-state index contributed by atoms with van der Waals surface area (Å²) in [5.74, 6) is 0.472. The van der Waals surface area contributed by atoms with E-state index < -0.39 is 7.82 Å². The minimum Gasteiger partial charge on any atom is -0.395 e. The zero-order chi connectivity index (χ0) is 25.6. The van der Waals surface area contributed by atoms with Gasteiger partial charge in [-0.2, -0.15) is 0 Å². The Balaban J connectivity index is 1.43. The second kappa shape index (κ2) is 8.94. The van der Waals surface area contributed by atoms with Crippen LogP contribution in [0.1, 0.15) is 44.5 Å². The monoisotopic (exact) mass is 502 g/mol. The molecule has 180 valence electrons. The van der Waals surface area contributed by atoms with Crippen molar-refractivity contribution < 1.29 is 18.5 Å². The summed E-state index contributed by atoms with van der Waals surface area (Å²) < 4.78 is 25.2. The third kappa shape index (κ3) is 4.17. The Kier molecular flexibility index (Phi) is 5.57. The van der Waals surface area contributed by atoms with Crippen molar-refractivity contribution in [1.82, 2.24) is 0 Å². The Hall–Kier alpha value is -4.37. The highest BCUT2D eigenvalue weighted by Gasteiger charge is 2.32. The number of phosphoric ester groups is 1. The lowest BCUT2D eigenvalue weighted by atomic mass is 9.95. The molecule has 2 aliphatic rings. The summed E-state index contributed by atoms with van der Waals surface area (Å²) in [6, 6.07) is 30.5. The molecule has 2 aliphatic carbocycles. The van der Waals surface area contributed by atoms with Crippen LogP contribution in [0, 0.1) is 0 Å². The molecule has 37 heavy (non-hydrogen) atoms. The van der Waals surface area contributed by atoms with Crippen LogP contribution in [-0.4, -0.2) is 4.89 Å². The van der Waals surface area contributed by atoms with Gasteiger partial charge in [0.25, 0.3) is 0 Å². The van der Waals surface area contributed by atoms with Crippen LogP contribution in [0.5, 0.6) is 0 Å². The summed E-state index contributed by atoms with van der Waals surface area (Å²) in [4.78, 5) is 11.1. The average molecular weight is 503 g/mol. The van der Waals surface area contributed by atoms with E-state index in [1.807, 2.05) is 97.1 Å². The van der Waals surface area contributed by atoms with E-state index in [1.165, 1.54) is 0 Å². The van der Waals surface area contributed by atoms with E-state index in [9.17, 15) is 9.46 Å². The first-order valence-corrected chi connectivity index (χ1v) is 13.3. The van der Waals surface area contributed by atoms with E-state index in [-0.39, 0.29) is 11.5 Å². The van der Waals surface area contributed by atoms with Gasteiger partial charge in [-0.1, -0.05) is 110 Å². The van der Waals surface area contributed by atoms with Gasteiger partial charge in [-0.3, -0.25) is 4.89 Å². The summed E-state index contributed by atoms with van der Waals surface area (Å²) in [7, 11) is -4.64. The van der Waals surface area contributed by atoms with E-state index in [1.54, 1.807) is 12.2 Å². The van der Waals surface area contributed by atoms with Gasteiger partial charge in [-0.25, -0.2) is 4.57 Å². The Morgan fingerprint density at radius 1 is 0.514 bits per heavy atom. The van der Waals surface area contributed by atoms with Crippen LogP contribution in [0.2, 0.25) is 0 Å². The minimum atomic E-state index is -4.64. The third-order valence-electron chi connectivity index (χ3n) is 6.61. The molecule has 0 bridgehead atoms. The lowest BCUT2D eigenvalue weighted by Crippen LogP contribution is -1.99. The molecule has 0 aliphatic heterocycles. The van der Waals surface area contributed by atoms with Crippen LogP contribution in [0.4, 0.5) is 0 Å². The number of phosphoric acid groups is 1. The third-order valence-corrected chi connectivity index (χ3v) is 7.46. The molecule has 0 saturated heterocycles. The Bertz CT molecular complexity index is 1590. The predicted octanol–water partition coefficient (Wildman–Crippen LogP) is 8.27. The topological polar surface area (TPSA) is 55.8 Å². The number of hydrogen-bond acceptors (Lipinski definition) is 3. The van der Waals surface area contributed by atoms with Crippen molar-refractivity contribution >= 4 is 42.6 Å². The van der Waals surface area contributed by atoms with E-state index in [4.69, 9.17) is 9.05 Å². The lowest BCUT2D eigenvalue weighted by molar-refractivity contribution is 0.265. The van der Waals surface area contributed by atoms with Crippen molar-refractivity contribution in [2.75, 3.05) is 0 Å². The zero-order valence-electron chi connectivity index (χ0n) is 19.9. The van der Waals surface area contributed by atoms with Crippen molar-refractivity contribution in [3.8, 4) is 0 Å². The first-order chi connectivity index (χ1) is 17.9. The maximum absolute atomic E-state index is 13.6. The maximum Gasteiger partial charge on any atom is 0.584 e. The molecule has 6 rings (SSSR count). The molecule has 5 heteroatoms. The quantitative estimate of drug-likeness (QED) is 0.285. The largest absolute Gasteiger partial charge is 0.584 e. The first kappa shape index (κ1) is 23.1. The van der Waals surface area contributed by atoms with Crippen LogP contribution in [-0.2, 0) is 13.6 Å². The van der Waals surface area contributed by atoms with E-state index >= 15 is 0 Å². The lowest BCUT2D eigenvalue weighted by Gasteiger charge is -2.19. The second-order valence-electron chi connectivity index (χ2n) is 8.89. The van der Waals surface area contributed by atoms with Crippen LogP contribution < -0.4 is 0 Å². The van der Waals surface area contributed by atoms with Crippen molar-refractivity contribution in [2.24, 2.45) is 0 Å². The summed E-state index contributed by atoms with van der Waals surface area (Å²) in [6.45, 7) is 8.55. The van der Waals surface area contributed by atoms with Crippen LogP contribution >= 0.6 is 7.82 Å². The highest BCUT2D eigenvalue weighted by atomic mass is 31.2. The fourth-order valence-corrected chi connectivity index (χ4v) is 5.70. The van der Waals surface area contributed by atoms with Crippen LogP contribution in [0.3, 0.4) is 0 Å². The molecule has 0 atom stereocenters. The smallest absolute Gasteiger partial charge is 0.395 e. The Morgan fingerprint density at radius 3 is 1.24 bits per heavy atom. The molecular weight excluding hydrogens is 479 g/mol. The molecular formula is C32H23O4P. The molecule has 0 aromatic heterocycles. The van der Waals surface area contributed by atoms with Crippen molar-refractivity contribution in [3.63, 3.8) is 0 Å². The van der Waals surface area contributed by atoms with Crippen molar-refractivity contribution in [1.29, 1.82) is 0 Å². The molecule has 0 amide bonds. The average Bonchev–Trinajstić information content (AvgIpc) is 3.10. The molecule has 0 spiro atoms. The molecule has 0 radical (unpaired) electrons. The molecule has 0 fully saturated rings. The second-order valence-corrected chi connectivity index (χ2v) is 10.2. The normalized spacial score (nSPS) is 14.1. The van der Waals surface area contributed by atoms with Crippen molar-refractivity contribution in [2.45, 2.75) is 0 Å². The molecule has 4 aromatic rings. The fraction of sp³-hybridized carbons (Fsp3) is 0. The Morgan fingerprint density at radius 2 is 0.838 bits per heavy atom. The predicted molar refractivity (Wildman–Crippen MR) is 150 cm³/mol. The van der Waals surface area contributed by atoms with E-state index in [0.29, 0.717) is 11.1 Å². The Labute approximate surface area is 215 Å². The zero-order valence-corrected chi connectivity index (χ0v) is 20.8. The van der Waals surface area contributed by atoms with Crippen LogP contribution in [0.15, 0.2) is 110 Å². The molecule has 0 heterocycles. The SMILES string of the molecule is C=C1c2ccccc2C=C(OP(=O)(O)OC2=Cc3ccccc3C(=C)c3ccccc32)c2ccccc21. The molecule has 1 N–H and O–H groups in total. The molecule has 0 unspecified atom stereocenters. The van der Waals surface area contributed by atoms with Gasteiger partial charge in [-0.05, 0) is 56.7 Å². The summed E-state index contributed by atoms with van der Waals surface area (Å²) >= 11 is 0. The van der Waals surface area contributed by atoms with Gasteiger partial charge in [0.05, 0.1) is 0 Å². The summed E-state index contributed by atoms with van der Waals surface area (Å²) in [6.07, 6.45) is 3.51. The van der Waals surface area contributed by atoms with Crippen LogP contribution in [0.25, 0.3) is 34.8 Å². The first-order valence-electron chi connectivity index (χ1n) is 11.8. The van der Waals surface area contributed by atoms with E-state index in [2.05, 4.69) is 13.2 Å². The number of rotatable bonds is 4. The van der Waals surface area contributed by atoms with Gasteiger partial charge in [0.1, 0.15) is 11.5 Å². The summed E-state index contributed by atoms with van der Waals surface area (Å²) in [5, 5.41) is 0. The maximum atomic E-state index is 13.6. The number of benzene rings is 4. The molecule has 4 nitrogen and oxygen atoms in total. The summed E-state index contributed by atoms with van der Waals surface area (Å²) in [5.41, 5.74) is 8.12. The van der Waals surface area contributed by atoms with Gasteiger partial charge in [-0.15, -0.1) is 0 Å². The minimum absolute atomic E-state index is 0.236. The van der Waals surface area contributed by atoms with Gasteiger partial charge >= 0.3 is 7.82 Å². The highest BCUT2D eigenvalue weighted by molar-refractivity contribution is 7.48. The van der Waals surface area contributed by atoms with Crippen molar-refractivity contribution in [3.05, 3.63) is 155 Å². The fourth-order valence-electron chi connectivity index (χ4n) is 4.86.